The third kappa shape index (κ3) is 5.62. The number of carboxylic acid groups (broad SMARTS) is 1. The van der Waals surface area contributed by atoms with Crippen LogP contribution in [-0.4, -0.2) is 22.2 Å². The van der Waals surface area contributed by atoms with Gasteiger partial charge in [-0.25, -0.2) is 0 Å². The molecule has 0 saturated carbocycles. The van der Waals surface area contributed by atoms with E-state index in [9.17, 15) is 9.59 Å². The van der Waals surface area contributed by atoms with Crippen LogP contribution in [0.15, 0.2) is 53.5 Å². The average Bonchev–Trinajstić information content (AvgIpc) is 2.55. The number of rotatable bonds is 9. The van der Waals surface area contributed by atoms with Gasteiger partial charge >= 0.3 is 5.97 Å². The molecule has 0 fully saturated rings. The Morgan fingerprint density at radius 3 is 2.61 bits per heavy atom. The van der Waals surface area contributed by atoms with E-state index in [1.54, 1.807) is 22.9 Å². The summed E-state index contributed by atoms with van der Waals surface area (Å²) in [6, 6.07) is 13.4. The van der Waals surface area contributed by atoms with Crippen molar-refractivity contribution in [3.05, 3.63) is 64.6 Å². The van der Waals surface area contributed by atoms with Gasteiger partial charge in [0.25, 0.3) is 5.56 Å². The van der Waals surface area contributed by atoms with E-state index in [1.165, 1.54) is 0 Å². The third-order valence-electron chi connectivity index (χ3n) is 3.52. The highest BCUT2D eigenvalue weighted by Crippen LogP contribution is 2.06. The zero-order chi connectivity index (χ0) is 16.5. The van der Waals surface area contributed by atoms with E-state index < -0.39 is 5.97 Å². The molecule has 0 aliphatic rings. The molecule has 1 N–H and O–H groups in total. The minimum Gasteiger partial charge on any atom is -0.488 e. The second kappa shape index (κ2) is 8.78. The Morgan fingerprint density at radius 2 is 1.87 bits per heavy atom. The monoisotopic (exact) mass is 315 g/mol. The maximum absolute atomic E-state index is 12.3. The lowest BCUT2D eigenvalue weighted by Crippen LogP contribution is -2.22. The molecule has 2 rings (SSSR count). The Morgan fingerprint density at radius 1 is 1.09 bits per heavy atom. The van der Waals surface area contributed by atoms with Crippen molar-refractivity contribution in [2.24, 2.45) is 0 Å². The second-order valence-electron chi connectivity index (χ2n) is 5.31. The predicted octanol–water partition coefficient (Wildman–Crippen LogP) is 2.72. The summed E-state index contributed by atoms with van der Waals surface area (Å²) in [6.45, 7) is 0.949. The van der Waals surface area contributed by atoms with Crippen molar-refractivity contribution >= 4 is 5.97 Å². The summed E-state index contributed by atoms with van der Waals surface area (Å²) < 4.78 is 7.17. The summed E-state index contributed by atoms with van der Waals surface area (Å²) in [5.41, 5.74) is 0.994. The van der Waals surface area contributed by atoms with Crippen LogP contribution in [0.2, 0.25) is 0 Å². The Labute approximate surface area is 135 Å². The zero-order valence-electron chi connectivity index (χ0n) is 13.0. The van der Waals surface area contributed by atoms with Gasteiger partial charge in [0, 0.05) is 25.6 Å². The molecule has 0 unspecified atom stereocenters. The molecule has 1 aromatic heterocycles. The van der Waals surface area contributed by atoms with Crippen LogP contribution in [0.5, 0.6) is 5.75 Å². The highest BCUT2D eigenvalue weighted by Gasteiger charge is 2.05. The van der Waals surface area contributed by atoms with Crippen molar-refractivity contribution in [3.63, 3.8) is 0 Å². The molecule has 1 aromatic carbocycles. The number of carbonyl (C=O) groups is 1. The Kier molecular flexibility index (Phi) is 6.41. The van der Waals surface area contributed by atoms with E-state index in [2.05, 4.69) is 0 Å². The number of aryl methyl sites for hydroxylation is 1. The Hall–Kier alpha value is -2.56. The molecule has 122 valence electrons. The largest absolute Gasteiger partial charge is 0.488 e. The van der Waals surface area contributed by atoms with Gasteiger partial charge in [0.05, 0.1) is 6.61 Å². The lowest BCUT2D eigenvalue weighted by molar-refractivity contribution is -0.137. The van der Waals surface area contributed by atoms with Crippen LogP contribution in [0.1, 0.15) is 24.8 Å². The summed E-state index contributed by atoms with van der Waals surface area (Å²) in [7, 11) is 0. The fourth-order valence-corrected chi connectivity index (χ4v) is 2.28. The molecule has 23 heavy (non-hydrogen) atoms. The molecule has 5 nitrogen and oxygen atoms in total. The first-order valence-corrected chi connectivity index (χ1v) is 7.75. The van der Waals surface area contributed by atoms with Gasteiger partial charge < -0.3 is 14.4 Å². The van der Waals surface area contributed by atoms with Crippen molar-refractivity contribution in [1.29, 1.82) is 0 Å². The summed E-state index contributed by atoms with van der Waals surface area (Å²) in [5.74, 6) is -0.475. The van der Waals surface area contributed by atoms with E-state index in [0.29, 0.717) is 31.7 Å². The van der Waals surface area contributed by atoms with E-state index in [0.717, 1.165) is 12.0 Å². The number of nitrogens with zero attached hydrogens (tertiary/aromatic N) is 1. The lowest BCUT2D eigenvalue weighted by atomic mass is 10.2. The average molecular weight is 315 g/mol. The molecule has 0 atom stereocenters. The summed E-state index contributed by atoms with van der Waals surface area (Å²) >= 11 is 0. The molecule has 0 spiro atoms. The smallest absolute Gasteiger partial charge is 0.303 e. The number of unbranched alkanes of at least 4 members (excludes halogenated alkanes) is 1. The highest BCUT2D eigenvalue weighted by molar-refractivity contribution is 5.66. The van der Waals surface area contributed by atoms with Crippen LogP contribution >= 0.6 is 0 Å². The SMILES string of the molecule is O=C(O)CCCCn1cccc(OCCc2ccccc2)c1=O. The molecule has 5 heteroatoms. The summed E-state index contributed by atoms with van der Waals surface area (Å²) in [5, 5.41) is 8.61. The van der Waals surface area contributed by atoms with E-state index in [4.69, 9.17) is 9.84 Å². The van der Waals surface area contributed by atoms with Gasteiger partial charge in [-0.05, 0) is 30.5 Å². The van der Waals surface area contributed by atoms with Gasteiger partial charge in [-0.3, -0.25) is 9.59 Å². The molecule has 0 aliphatic heterocycles. The number of pyridine rings is 1. The fourth-order valence-electron chi connectivity index (χ4n) is 2.28. The topological polar surface area (TPSA) is 68.5 Å². The summed E-state index contributed by atoms with van der Waals surface area (Å²) in [6.07, 6.45) is 3.78. The van der Waals surface area contributed by atoms with Gasteiger partial charge in [-0.15, -0.1) is 0 Å². The maximum atomic E-state index is 12.3. The Balaban J connectivity index is 1.86. The predicted molar refractivity (Wildman–Crippen MR) is 87.8 cm³/mol. The minimum absolute atomic E-state index is 0.127. The van der Waals surface area contributed by atoms with Gasteiger partial charge in [-0.1, -0.05) is 30.3 Å². The maximum Gasteiger partial charge on any atom is 0.303 e. The molecule has 0 aliphatic carbocycles. The van der Waals surface area contributed by atoms with Crippen LogP contribution in [0.25, 0.3) is 0 Å². The number of hydrogen-bond acceptors (Lipinski definition) is 3. The van der Waals surface area contributed by atoms with Crippen molar-refractivity contribution in [3.8, 4) is 5.75 Å². The van der Waals surface area contributed by atoms with Crippen LogP contribution < -0.4 is 10.3 Å². The normalized spacial score (nSPS) is 10.4. The quantitative estimate of drug-likeness (QED) is 0.722. The molecular weight excluding hydrogens is 294 g/mol. The molecule has 0 amide bonds. The highest BCUT2D eigenvalue weighted by atomic mass is 16.5. The molecule has 0 radical (unpaired) electrons. The van der Waals surface area contributed by atoms with Crippen LogP contribution in [0.3, 0.4) is 0 Å². The van der Waals surface area contributed by atoms with Crippen molar-refractivity contribution in [2.45, 2.75) is 32.2 Å². The van der Waals surface area contributed by atoms with Crippen molar-refractivity contribution in [1.82, 2.24) is 4.57 Å². The molecule has 1 heterocycles. The van der Waals surface area contributed by atoms with Crippen LogP contribution in [-0.2, 0) is 17.8 Å². The fraction of sp³-hybridized carbons (Fsp3) is 0.333. The van der Waals surface area contributed by atoms with E-state index in [1.807, 2.05) is 30.3 Å². The van der Waals surface area contributed by atoms with Crippen LogP contribution in [0, 0.1) is 0 Å². The van der Waals surface area contributed by atoms with E-state index >= 15 is 0 Å². The number of aromatic nitrogens is 1. The first kappa shape index (κ1) is 16.8. The molecule has 0 bridgehead atoms. The first-order chi connectivity index (χ1) is 11.2. The van der Waals surface area contributed by atoms with Crippen LogP contribution in [0.4, 0.5) is 0 Å². The summed E-state index contributed by atoms with van der Waals surface area (Å²) in [4.78, 5) is 22.7. The molecule has 0 saturated heterocycles. The van der Waals surface area contributed by atoms with Gasteiger partial charge in [-0.2, -0.15) is 0 Å². The van der Waals surface area contributed by atoms with E-state index in [-0.39, 0.29) is 12.0 Å². The standard InChI is InChI=1S/C18H21NO4/c20-17(21)10-4-5-12-19-13-6-9-16(18(19)22)23-14-11-15-7-2-1-3-8-15/h1-3,6-9,13H,4-5,10-12,14H2,(H,20,21). The number of carboxylic acids is 1. The Bertz CT molecular complexity index is 679. The van der Waals surface area contributed by atoms with Gasteiger partial charge in [0.1, 0.15) is 0 Å². The zero-order valence-corrected chi connectivity index (χ0v) is 13.0. The second-order valence-corrected chi connectivity index (χ2v) is 5.31. The number of hydrogen-bond donors (Lipinski definition) is 1. The minimum atomic E-state index is -0.810. The van der Waals surface area contributed by atoms with Gasteiger partial charge in [0.15, 0.2) is 5.75 Å². The van der Waals surface area contributed by atoms with Crippen molar-refractivity contribution in [2.75, 3.05) is 6.61 Å². The van der Waals surface area contributed by atoms with Crippen molar-refractivity contribution < 1.29 is 14.6 Å². The molecular formula is C18H21NO4. The lowest BCUT2D eigenvalue weighted by Gasteiger charge is -2.09. The number of aliphatic carboxylic acids is 1. The molecule has 2 aromatic rings. The van der Waals surface area contributed by atoms with Gasteiger partial charge in [0.2, 0.25) is 0 Å². The number of benzene rings is 1. The number of ether oxygens (including phenoxy) is 1. The first-order valence-electron chi connectivity index (χ1n) is 7.75. The third-order valence-corrected chi connectivity index (χ3v) is 3.52.